The normalized spacial score (nSPS) is 11.4. The number of rotatable bonds is 5. The van der Waals surface area contributed by atoms with Crippen LogP contribution in [0.1, 0.15) is 13.8 Å². The second kappa shape index (κ2) is 6.32. The summed E-state index contributed by atoms with van der Waals surface area (Å²) < 4.78 is 26.9. The van der Waals surface area contributed by atoms with Gasteiger partial charge in [-0.2, -0.15) is 0 Å². The lowest BCUT2D eigenvalue weighted by Crippen LogP contribution is -2.14. The Bertz CT molecular complexity index is 715. The summed E-state index contributed by atoms with van der Waals surface area (Å²) in [5.74, 6) is 0.686. The predicted octanol–water partition coefficient (Wildman–Crippen LogP) is 3.36. The molecule has 0 fully saturated rings. The van der Waals surface area contributed by atoms with E-state index in [9.17, 15) is 8.42 Å². The molecule has 1 heterocycles. The van der Waals surface area contributed by atoms with Gasteiger partial charge in [0.1, 0.15) is 10.7 Å². The molecule has 0 bridgehead atoms. The molecule has 1 aromatic heterocycles. The van der Waals surface area contributed by atoms with Gasteiger partial charge in [-0.25, -0.2) is 13.4 Å². The minimum Gasteiger partial charge on any atom is -0.368 e. The maximum atomic E-state index is 12.2. The van der Waals surface area contributed by atoms with E-state index in [2.05, 4.69) is 15.0 Å². The van der Waals surface area contributed by atoms with Gasteiger partial charge in [0, 0.05) is 6.04 Å². The molecule has 0 saturated heterocycles. The summed E-state index contributed by atoms with van der Waals surface area (Å²) in [5, 5.41) is 3.30. The number of anilines is 2. The number of halogens is 1. The minimum absolute atomic E-state index is 0.0380. The number of hydrogen-bond acceptors (Lipinski definition) is 4. The Morgan fingerprint density at radius 1 is 1.14 bits per heavy atom. The highest BCUT2D eigenvalue weighted by Crippen LogP contribution is 2.23. The third-order valence-corrected chi connectivity index (χ3v) is 4.46. The highest BCUT2D eigenvalue weighted by atomic mass is 35.5. The molecular weight excluding hydrogens is 310 g/mol. The lowest BCUT2D eigenvalue weighted by atomic mass is 10.3. The molecule has 0 unspecified atom stereocenters. The first kappa shape index (κ1) is 15.6. The molecule has 1 aromatic carbocycles. The van der Waals surface area contributed by atoms with Crippen LogP contribution in [0.4, 0.5) is 11.5 Å². The SMILES string of the molecule is CC(C)Nc1ccc(NS(=O)(=O)c2ccccc2Cl)cn1. The number of hydrogen-bond donors (Lipinski definition) is 2. The average molecular weight is 326 g/mol. The molecule has 0 spiro atoms. The molecule has 7 heteroatoms. The second-order valence-corrected chi connectivity index (χ2v) is 6.83. The van der Waals surface area contributed by atoms with Crippen molar-refractivity contribution in [2.45, 2.75) is 24.8 Å². The number of nitrogens with zero attached hydrogens (tertiary/aromatic N) is 1. The number of benzene rings is 1. The number of sulfonamides is 1. The van der Waals surface area contributed by atoms with Gasteiger partial charge in [0.25, 0.3) is 10.0 Å². The van der Waals surface area contributed by atoms with Gasteiger partial charge in [-0.3, -0.25) is 4.72 Å². The van der Waals surface area contributed by atoms with Gasteiger partial charge in [-0.1, -0.05) is 23.7 Å². The summed E-state index contributed by atoms with van der Waals surface area (Å²) in [6.45, 7) is 3.99. The maximum Gasteiger partial charge on any atom is 0.263 e. The van der Waals surface area contributed by atoms with E-state index < -0.39 is 10.0 Å². The zero-order valence-electron chi connectivity index (χ0n) is 11.7. The quantitative estimate of drug-likeness (QED) is 0.884. The fraction of sp³-hybridized carbons (Fsp3) is 0.214. The van der Waals surface area contributed by atoms with Crippen molar-refractivity contribution in [3.63, 3.8) is 0 Å². The van der Waals surface area contributed by atoms with Crippen LogP contribution in [0.25, 0.3) is 0 Å². The Morgan fingerprint density at radius 3 is 2.43 bits per heavy atom. The second-order valence-electron chi connectivity index (χ2n) is 4.77. The van der Waals surface area contributed by atoms with Crippen LogP contribution in [0.3, 0.4) is 0 Å². The van der Waals surface area contributed by atoms with E-state index in [1.54, 1.807) is 24.3 Å². The molecule has 5 nitrogen and oxygen atoms in total. The van der Waals surface area contributed by atoms with Gasteiger partial charge in [-0.05, 0) is 38.1 Å². The van der Waals surface area contributed by atoms with Crippen molar-refractivity contribution in [1.82, 2.24) is 4.98 Å². The molecule has 2 aromatic rings. The van der Waals surface area contributed by atoms with Crippen LogP contribution in [-0.2, 0) is 10.0 Å². The summed E-state index contributed by atoms with van der Waals surface area (Å²) in [4.78, 5) is 4.19. The first-order valence-corrected chi connectivity index (χ1v) is 8.24. The molecule has 2 rings (SSSR count). The highest BCUT2D eigenvalue weighted by Gasteiger charge is 2.17. The number of nitrogens with one attached hydrogen (secondary N) is 2. The molecule has 0 amide bonds. The molecule has 2 N–H and O–H groups in total. The summed E-state index contributed by atoms with van der Waals surface area (Å²) in [5.41, 5.74) is 0.379. The highest BCUT2D eigenvalue weighted by molar-refractivity contribution is 7.92. The Balaban J connectivity index is 2.19. The zero-order chi connectivity index (χ0) is 15.5. The van der Waals surface area contributed by atoms with Gasteiger partial charge in [-0.15, -0.1) is 0 Å². The van der Waals surface area contributed by atoms with Gasteiger partial charge >= 0.3 is 0 Å². The molecule has 0 aliphatic rings. The van der Waals surface area contributed by atoms with Crippen LogP contribution in [0, 0.1) is 0 Å². The monoisotopic (exact) mass is 325 g/mol. The van der Waals surface area contributed by atoms with Crippen molar-refractivity contribution in [3.8, 4) is 0 Å². The van der Waals surface area contributed by atoms with Crippen LogP contribution >= 0.6 is 11.6 Å². The first-order valence-electron chi connectivity index (χ1n) is 6.38. The van der Waals surface area contributed by atoms with E-state index >= 15 is 0 Å². The van der Waals surface area contributed by atoms with Crippen LogP contribution in [0.15, 0.2) is 47.5 Å². The van der Waals surface area contributed by atoms with Crippen LogP contribution in [0.5, 0.6) is 0 Å². The van der Waals surface area contributed by atoms with Crippen molar-refractivity contribution < 1.29 is 8.42 Å². The van der Waals surface area contributed by atoms with Crippen LogP contribution < -0.4 is 10.0 Å². The van der Waals surface area contributed by atoms with Gasteiger partial charge in [0.15, 0.2) is 0 Å². The molecule has 112 valence electrons. The summed E-state index contributed by atoms with van der Waals surface area (Å²) in [7, 11) is -3.72. The van der Waals surface area contributed by atoms with Crippen molar-refractivity contribution in [2.24, 2.45) is 0 Å². The van der Waals surface area contributed by atoms with Crippen molar-refractivity contribution in [3.05, 3.63) is 47.6 Å². The fourth-order valence-corrected chi connectivity index (χ4v) is 3.27. The van der Waals surface area contributed by atoms with E-state index in [0.717, 1.165) is 0 Å². The van der Waals surface area contributed by atoms with Gasteiger partial charge in [0.2, 0.25) is 0 Å². The van der Waals surface area contributed by atoms with Crippen molar-refractivity contribution in [2.75, 3.05) is 10.0 Å². The standard InChI is InChI=1S/C14H16ClN3O2S/c1-10(2)17-14-8-7-11(9-16-14)18-21(19,20)13-6-4-3-5-12(13)15/h3-10,18H,1-2H3,(H,16,17). The lowest BCUT2D eigenvalue weighted by molar-refractivity contribution is 0.601. The lowest BCUT2D eigenvalue weighted by Gasteiger charge is -2.11. The summed E-state index contributed by atoms with van der Waals surface area (Å²) >= 11 is 5.91. The van der Waals surface area contributed by atoms with E-state index in [4.69, 9.17) is 11.6 Å². The predicted molar refractivity (Wildman–Crippen MR) is 85.3 cm³/mol. The minimum atomic E-state index is -3.72. The van der Waals surface area contributed by atoms with E-state index in [1.165, 1.54) is 18.3 Å². The average Bonchev–Trinajstić information content (AvgIpc) is 2.40. The molecule has 21 heavy (non-hydrogen) atoms. The van der Waals surface area contributed by atoms with Crippen LogP contribution in [0.2, 0.25) is 5.02 Å². The Hall–Kier alpha value is -1.79. The molecular formula is C14H16ClN3O2S. The fourth-order valence-electron chi connectivity index (χ4n) is 1.71. The third kappa shape index (κ3) is 4.09. The number of pyridine rings is 1. The van der Waals surface area contributed by atoms with E-state index in [0.29, 0.717) is 11.5 Å². The molecule has 0 atom stereocenters. The molecule has 0 aliphatic carbocycles. The topological polar surface area (TPSA) is 71.1 Å². The summed E-state index contributed by atoms with van der Waals surface area (Å²) in [6.07, 6.45) is 1.46. The van der Waals surface area contributed by atoms with Crippen LogP contribution in [-0.4, -0.2) is 19.4 Å². The van der Waals surface area contributed by atoms with Gasteiger partial charge in [0.05, 0.1) is 16.9 Å². The van der Waals surface area contributed by atoms with Crippen molar-refractivity contribution in [1.29, 1.82) is 0 Å². The number of aromatic nitrogens is 1. The molecule has 0 aliphatic heterocycles. The molecule has 0 saturated carbocycles. The van der Waals surface area contributed by atoms with Crippen molar-refractivity contribution >= 4 is 33.1 Å². The Labute approximate surface area is 129 Å². The maximum absolute atomic E-state index is 12.2. The Morgan fingerprint density at radius 2 is 1.86 bits per heavy atom. The third-order valence-electron chi connectivity index (χ3n) is 2.58. The summed E-state index contributed by atoms with van der Waals surface area (Å²) in [6, 6.07) is 9.89. The van der Waals surface area contributed by atoms with E-state index in [1.807, 2.05) is 13.8 Å². The molecule has 0 radical (unpaired) electrons. The Kier molecular flexibility index (Phi) is 4.69. The first-order chi connectivity index (χ1) is 9.88. The van der Waals surface area contributed by atoms with Gasteiger partial charge < -0.3 is 5.32 Å². The zero-order valence-corrected chi connectivity index (χ0v) is 13.2. The van der Waals surface area contributed by atoms with E-state index in [-0.39, 0.29) is 16.0 Å². The smallest absolute Gasteiger partial charge is 0.263 e. The largest absolute Gasteiger partial charge is 0.368 e.